The van der Waals surface area contributed by atoms with Gasteiger partial charge in [-0.05, 0) is 48.9 Å². The monoisotopic (exact) mass is 421 g/mol. The van der Waals surface area contributed by atoms with Gasteiger partial charge in [-0.2, -0.15) is 0 Å². The summed E-state index contributed by atoms with van der Waals surface area (Å²) in [6.45, 7) is 1.91. The van der Waals surface area contributed by atoms with E-state index in [1.54, 1.807) is 43.3 Å². The number of hydrogen-bond donors (Lipinski definition) is 0. The van der Waals surface area contributed by atoms with Gasteiger partial charge in [0.2, 0.25) is 0 Å². The molecular weight excluding hydrogens is 402 g/mol. The highest BCUT2D eigenvalue weighted by Gasteiger charge is 2.43. The number of halogens is 1. The summed E-state index contributed by atoms with van der Waals surface area (Å²) in [5.41, 5.74) is 1.18. The number of carbonyl (C=O) groups excluding carboxylic acids is 1. The summed E-state index contributed by atoms with van der Waals surface area (Å²) in [6, 6.07) is 12.7. The highest BCUT2D eigenvalue weighted by atomic mass is 35.5. The van der Waals surface area contributed by atoms with Gasteiger partial charge in [0.15, 0.2) is 0 Å². The average Bonchev–Trinajstić information content (AvgIpc) is 2.65. The third kappa shape index (κ3) is 4.00. The van der Waals surface area contributed by atoms with Gasteiger partial charge in [0.25, 0.3) is 10.0 Å². The molecule has 0 spiro atoms. The third-order valence-corrected chi connectivity index (χ3v) is 6.54. The molecule has 1 saturated heterocycles. The molecule has 2 aromatic carbocycles. The molecule has 1 aliphatic heterocycles. The minimum absolute atomic E-state index is 0.113. The van der Waals surface area contributed by atoms with Crippen molar-refractivity contribution in [2.45, 2.75) is 24.3 Å². The van der Waals surface area contributed by atoms with Crippen molar-refractivity contribution in [1.29, 1.82) is 0 Å². The Morgan fingerprint density at radius 2 is 1.82 bits per heavy atom. The molecule has 0 radical (unpaired) electrons. The van der Waals surface area contributed by atoms with E-state index in [4.69, 9.17) is 21.1 Å². The maximum absolute atomic E-state index is 13.3. The Labute approximate surface area is 169 Å². The smallest absolute Gasteiger partial charge is 0.332 e. The van der Waals surface area contributed by atoms with Crippen LogP contribution in [0.25, 0.3) is 0 Å². The minimum atomic E-state index is -3.88. The van der Waals surface area contributed by atoms with E-state index in [0.29, 0.717) is 22.9 Å². The van der Waals surface area contributed by atoms with Crippen LogP contribution in [0.15, 0.2) is 65.2 Å². The predicted molar refractivity (Wildman–Crippen MR) is 106 cm³/mol. The first-order valence-corrected chi connectivity index (χ1v) is 10.5. The van der Waals surface area contributed by atoms with Crippen molar-refractivity contribution in [2.75, 3.05) is 13.7 Å². The van der Waals surface area contributed by atoms with Gasteiger partial charge in [0, 0.05) is 23.2 Å². The van der Waals surface area contributed by atoms with E-state index in [9.17, 15) is 13.2 Å². The zero-order valence-electron chi connectivity index (χ0n) is 15.5. The number of esters is 1. The van der Waals surface area contributed by atoms with Crippen molar-refractivity contribution in [1.82, 2.24) is 4.31 Å². The highest BCUT2D eigenvalue weighted by molar-refractivity contribution is 7.89. The zero-order valence-corrected chi connectivity index (χ0v) is 17.0. The van der Waals surface area contributed by atoms with Crippen LogP contribution in [0.2, 0.25) is 5.02 Å². The molecule has 1 atom stereocenters. The minimum Gasteiger partial charge on any atom is -0.497 e. The van der Waals surface area contributed by atoms with E-state index in [-0.39, 0.29) is 11.5 Å². The molecule has 0 amide bonds. The zero-order chi connectivity index (χ0) is 20.3. The lowest BCUT2D eigenvalue weighted by Gasteiger charge is -2.44. The Bertz CT molecular complexity index is 984. The van der Waals surface area contributed by atoms with E-state index in [1.165, 1.54) is 29.6 Å². The summed E-state index contributed by atoms with van der Waals surface area (Å²) in [5.74, 6) is -0.0129. The number of nitrogens with zero attached hydrogens (tertiary/aromatic N) is 1. The molecule has 0 aromatic heterocycles. The van der Waals surface area contributed by atoms with E-state index >= 15 is 0 Å². The maximum atomic E-state index is 13.3. The van der Waals surface area contributed by atoms with Crippen molar-refractivity contribution in [3.05, 3.63) is 70.9 Å². The molecule has 3 rings (SSSR count). The van der Waals surface area contributed by atoms with Crippen LogP contribution in [0.3, 0.4) is 0 Å². The quantitative estimate of drug-likeness (QED) is 0.522. The molecule has 0 unspecified atom stereocenters. The standard InChI is InChI=1S/C20H20ClNO5S/c1-3-27-20(23)13-16-12-19(14-4-6-15(21)7-5-14)22(16)28(24,25)18-10-8-17(26-2)9-11-18/h4-11,13,19H,3,12H2,1-2H3/b16-13+/t19-/m1/s1. The molecule has 1 heterocycles. The second-order valence-corrected chi connectivity index (χ2v) is 8.39. The fraction of sp³-hybridized carbons (Fsp3) is 0.250. The van der Waals surface area contributed by atoms with E-state index in [0.717, 1.165) is 5.56 Å². The second kappa shape index (κ2) is 8.24. The number of hydrogen-bond acceptors (Lipinski definition) is 5. The van der Waals surface area contributed by atoms with E-state index in [2.05, 4.69) is 0 Å². The van der Waals surface area contributed by atoms with Gasteiger partial charge >= 0.3 is 5.97 Å². The number of methoxy groups -OCH3 is 1. The van der Waals surface area contributed by atoms with Crippen LogP contribution >= 0.6 is 11.6 Å². The van der Waals surface area contributed by atoms with Gasteiger partial charge in [-0.25, -0.2) is 13.2 Å². The Balaban J connectivity index is 1.99. The van der Waals surface area contributed by atoms with Crippen molar-refractivity contribution in [2.24, 2.45) is 0 Å². The lowest BCUT2D eigenvalue weighted by Crippen LogP contribution is -2.43. The fourth-order valence-corrected chi connectivity index (χ4v) is 4.82. The van der Waals surface area contributed by atoms with E-state index in [1.807, 2.05) is 0 Å². The van der Waals surface area contributed by atoms with Crippen molar-refractivity contribution in [3.8, 4) is 5.75 Å². The van der Waals surface area contributed by atoms with Crippen LogP contribution in [-0.2, 0) is 19.6 Å². The second-order valence-electron chi connectivity index (χ2n) is 6.14. The summed E-state index contributed by atoms with van der Waals surface area (Å²) in [5, 5.41) is 0.565. The van der Waals surface area contributed by atoms with Gasteiger partial charge in [0.05, 0.1) is 24.7 Å². The first-order valence-electron chi connectivity index (χ1n) is 8.68. The van der Waals surface area contributed by atoms with Crippen molar-refractivity contribution in [3.63, 3.8) is 0 Å². The van der Waals surface area contributed by atoms with Crippen molar-refractivity contribution >= 4 is 27.6 Å². The summed E-state index contributed by atoms with van der Waals surface area (Å²) in [7, 11) is -2.37. The van der Waals surface area contributed by atoms with Gasteiger partial charge < -0.3 is 9.47 Å². The van der Waals surface area contributed by atoms with Crippen LogP contribution < -0.4 is 4.74 Å². The SMILES string of the molecule is CCOC(=O)/C=C1\C[C@H](c2ccc(Cl)cc2)N1S(=O)(=O)c1ccc(OC)cc1. The van der Waals surface area contributed by atoms with Crippen molar-refractivity contribution < 1.29 is 22.7 Å². The number of sulfonamides is 1. The molecule has 6 nitrogen and oxygen atoms in total. The predicted octanol–water partition coefficient (Wildman–Crippen LogP) is 3.93. The number of ether oxygens (including phenoxy) is 2. The lowest BCUT2D eigenvalue weighted by molar-refractivity contribution is -0.137. The van der Waals surface area contributed by atoms with Crippen LogP contribution in [-0.4, -0.2) is 32.4 Å². The molecule has 0 saturated carbocycles. The maximum Gasteiger partial charge on any atom is 0.332 e. The fourth-order valence-electron chi connectivity index (χ4n) is 3.02. The van der Waals surface area contributed by atoms with Crippen LogP contribution in [0.4, 0.5) is 0 Å². The molecule has 0 aliphatic carbocycles. The number of rotatable bonds is 6. The van der Waals surface area contributed by atoms with Gasteiger partial charge in [-0.1, -0.05) is 23.7 Å². The largest absolute Gasteiger partial charge is 0.497 e. The third-order valence-electron chi connectivity index (χ3n) is 4.41. The Morgan fingerprint density at radius 1 is 1.18 bits per heavy atom. The van der Waals surface area contributed by atoms with Gasteiger partial charge in [0.1, 0.15) is 5.75 Å². The molecule has 28 heavy (non-hydrogen) atoms. The molecule has 148 valence electrons. The normalized spacial score (nSPS) is 17.9. The number of carbonyl (C=O) groups is 1. The molecule has 8 heteroatoms. The number of benzene rings is 2. The Morgan fingerprint density at radius 3 is 2.39 bits per heavy atom. The molecule has 1 aliphatic rings. The van der Waals surface area contributed by atoms with Gasteiger partial charge in [-0.3, -0.25) is 4.31 Å². The summed E-state index contributed by atoms with van der Waals surface area (Å²) in [4.78, 5) is 12.0. The Hall–Kier alpha value is -2.51. The molecule has 0 N–H and O–H groups in total. The topological polar surface area (TPSA) is 72.9 Å². The summed E-state index contributed by atoms with van der Waals surface area (Å²) >= 11 is 5.94. The van der Waals surface area contributed by atoms with Crippen LogP contribution in [0.1, 0.15) is 24.9 Å². The molecular formula is C20H20ClNO5S. The summed E-state index contributed by atoms with van der Waals surface area (Å²) < 4.78 is 37.8. The lowest BCUT2D eigenvalue weighted by atomic mass is 9.94. The first kappa shape index (κ1) is 20.2. The molecule has 0 bridgehead atoms. The first-order chi connectivity index (χ1) is 13.4. The Kier molecular flexibility index (Phi) is 5.96. The summed E-state index contributed by atoms with van der Waals surface area (Å²) in [6.07, 6.45) is 1.63. The highest BCUT2D eigenvalue weighted by Crippen LogP contribution is 2.46. The van der Waals surface area contributed by atoms with Crippen LogP contribution in [0, 0.1) is 0 Å². The molecule has 2 aromatic rings. The molecule has 1 fully saturated rings. The van der Waals surface area contributed by atoms with E-state index < -0.39 is 22.0 Å². The van der Waals surface area contributed by atoms with Crippen LogP contribution in [0.5, 0.6) is 5.75 Å². The average molecular weight is 422 g/mol. The van der Waals surface area contributed by atoms with Gasteiger partial charge in [-0.15, -0.1) is 0 Å².